The molecule has 17 heavy (non-hydrogen) atoms. The molecule has 0 spiro atoms. The highest BCUT2D eigenvalue weighted by molar-refractivity contribution is 7.87. The van der Waals surface area contributed by atoms with E-state index in [-0.39, 0.29) is 6.42 Å². The third kappa shape index (κ3) is 4.18. The van der Waals surface area contributed by atoms with Crippen LogP contribution < -0.4 is 0 Å². The van der Waals surface area contributed by atoms with Crippen LogP contribution in [-0.2, 0) is 20.7 Å². The average molecular weight is 289 g/mol. The standard InChI is InChI=1S/C9H8ClF3O3S/c10-8-3-1-2-7(6-8)4-5-16-17(14,15)9(11,12)13/h1-3,6H,4-5H2. The van der Waals surface area contributed by atoms with Gasteiger partial charge in [-0.1, -0.05) is 23.7 Å². The van der Waals surface area contributed by atoms with Crippen LogP contribution >= 0.6 is 11.6 Å². The predicted molar refractivity (Wildman–Crippen MR) is 56.1 cm³/mol. The molecular weight excluding hydrogens is 281 g/mol. The van der Waals surface area contributed by atoms with Gasteiger partial charge in [-0.15, -0.1) is 0 Å². The Bertz CT molecular complexity index is 485. The van der Waals surface area contributed by atoms with Crippen molar-refractivity contribution < 1.29 is 25.8 Å². The summed E-state index contributed by atoms with van der Waals surface area (Å²) in [4.78, 5) is 0. The van der Waals surface area contributed by atoms with Gasteiger partial charge in [0.05, 0.1) is 6.61 Å². The summed E-state index contributed by atoms with van der Waals surface area (Å²) in [6, 6.07) is 6.33. The minimum atomic E-state index is -5.51. The third-order valence-electron chi connectivity index (χ3n) is 1.80. The van der Waals surface area contributed by atoms with E-state index >= 15 is 0 Å². The minimum Gasteiger partial charge on any atom is -0.263 e. The van der Waals surface area contributed by atoms with Crippen molar-refractivity contribution in [1.82, 2.24) is 0 Å². The third-order valence-corrected chi connectivity index (χ3v) is 3.08. The number of benzene rings is 1. The van der Waals surface area contributed by atoms with Gasteiger partial charge >= 0.3 is 15.6 Å². The molecule has 0 saturated carbocycles. The SMILES string of the molecule is O=S(=O)(OCCc1cccc(Cl)c1)C(F)(F)F. The van der Waals surface area contributed by atoms with Crippen LogP contribution in [0.5, 0.6) is 0 Å². The molecular formula is C9H8ClF3O3S. The van der Waals surface area contributed by atoms with Crippen LogP contribution in [0.1, 0.15) is 5.56 Å². The fourth-order valence-corrected chi connectivity index (χ4v) is 1.68. The van der Waals surface area contributed by atoms with Gasteiger partial charge in [-0.3, -0.25) is 4.18 Å². The summed E-state index contributed by atoms with van der Waals surface area (Å²) in [5, 5.41) is 0.418. The molecule has 0 aliphatic carbocycles. The monoisotopic (exact) mass is 288 g/mol. The molecule has 0 aliphatic heterocycles. The van der Waals surface area contributed by atoms with Gasteiger partial charge in [0, 0.05) is 5.02 Å². The molecule has 1 aromatic rings. The molecule has 0 aromatic heterocycles. The van der Waals surface area contributed by atoms with Crippen LogP contribution in [-0.4, -0.2) is 20.5 Å². The van der Waals surface area contributed by atoms with E-state index in [2.05, 4.69) is 4.18 Å². The zero-order valence-electron chi connectivity index (χ0n) is 8.37. The normalized spacial score (nSPS) is 12.7. The molecule has 0 bridgehead atoms. The summed E-state index contributed by atoms with van der Waals surface area (Å²) >= 11 is 5.65. The molecule has 0 fully saturated rings. The maximum absolute atomic E-state index is 11.9. The van der Waals surface area contributed by atoms with Gasteiger partial charge in [0.25, 0.3) is 0 Å². The first-order valence-corrected chi connectivity index (χ1v) is 6.21. The first kappa shape index (κ1) is 14.3. The van der Waals surface area contributed by atoms with E-state index in [1.54, 1.807) is 18.2 Å². The van der Waals surface area contributed by atoms with Crippen LogP contribution in [0, 0.1) is 0 Å². The zero-order chi connectivity index (χ0) is 13.1. The Morgan fingerprint density at radius 3 is 2.47 bits per heavy atom. The molecule has 0 saturated heterocycles. The molecule has 3 nitrogen and oxygen atoms in total. The van der Waals surface area contributed by atoms with E-state index < -0.39 is 22.2 Å². The summed E-state index contributed by atoms with van der Waals surface area (Å²) in [7, 11) is -5.51. The quantitative estimate of drug-likeness (QED) is 0.632. The molecule has 0 amide bonds. The van der Waals surface area contributed by atoms with Gasteiger partial charge in [0.15, 0.2) is 0 Å². The van der Waals surface area contributed by atoms with E-state index in [0.717, 1.165) is 0 Å². The summed E-state index contributed by atoms with van der Waals surface area (Å²) in [6.07, 6.45) is 0.0237. The van der Waals surface area contributed by atoms with Gasteiger partial charge in [-0.05, 0) is 24.1 Å². The molecule has 0 N–H and O–H groups in total. The molecule has 96 valence electrons. The lowest BCUT2D eigenvalue weighted by atomic mass is 10.2. The first-order valence-electron chi connectivity index (χ1n) is 4.42. The lowest BCUT2D eigenvalue weighted by Crippen LogP contribution is -2.26. The second-order valence-corrected chi connectivity index (χ2v) is 5.15. The summed E-state index contributed by atoms with van der Waals surface area (Å²) in [6.45, 7) is -0.581. The van der Waals surface area contributed by atoms with E-state index in [4.69, 9.17) is 11.6 Å². The van der Waals surface area contributed by atoms with E-state index in [1.165, 1.54) is 6.07 Å². The Labute approximate surface area is 101 Å². The van der Waals surface area contributed by atoms with Gasteiger partial charge in [0.2, 0.25) is 0 Å². The average Bonchev–Trinajstić information content (AvgIpc) is 2.15. The van der Waals surface area contributed by atoms with E-state index in [1.807, 2.05) is 0 Å². The predicted octanol–water partition coefficient (Wildman–Crippen LogP) is 2.75. The highest BCUT2D eigenvalue weighted by Gasteiger charge is 2.47. The number of rotatable bonds is 4. The summed E-state index contributed by atoms with van der Waals surface area (Å²) in [5.74, 6) is 0. The minimum absolute atomic E-state index is 0.0237. The summed E-state index contributed by atoms with van der Waals surface area (Å²) in [5.41, 5.74) is -4.80. The summed E-state index contributed by atoms with van der Waals surface area (Å²) < 4.78 is 60.6. The van der Waals surface area contributed by atoms with E-state index in [9.17, 15) is 21.6 Å². The van der Waals surface area contributed by atoms with Gasteiger partial charge in [-0.25, -0.2) is 0 Å². The van der Waals surface area contributed by atoms with Crippen molar-refractivity contribution in [1.29, 1.82) is 0 Å². The van der Waals surface area contributed by atoms with E-state index in [0.29, 0.717) is 10.6 Å². The molecule has 0 unspecified atom stereocenters. The van der Waals surface area contributed by atoms with Crippen molar-refractivity contribution in [2.24, 2.45) is 0 Å². The zero-order valence-corrected chi connectivity index (χ0v) is 9.94. The topological polar surface area (TPSA) is 43.4 Å². The largest absolute Gasteiger partial charge is 0.523 e. The maximum Gasteiger partial charge on any atom is 0.523 e. The van der Waals surface area contributed by atoms with Crippen molar-refractivity contribution >= 4 is 21.7 Å². The van der Waals surface area contributed by atoms with Crippen molar-refractivity contribution in [2.45, 2.75) is 11.9 Å². The molecule has 0 heterocycles. The highest BCUT2D eigenvalue weighted by Crippen LogP contribution is 2.24. The van der Waals surface area contributed by atoms with Gasteiger partial charge < -0.3 is 0 Å². The van der Waals surface area contributed by atoms with Gasteiger partial charge in [-0.2, -0.15) is 21.6 Å². The highest BCUT2D eigenvalue weighted by atomic mass is 35.5. The number of alkyl halides is 3. The number of hydrogen-bond acceptors (Lipinski definition) is 3. The van der Waals surface area contributed by atoms with Crippen molar-refractivity contribution in [3.8, 4) is 0 Å². The van der Waals surface area contributed by atoms with Gasteiger partial charge in [0.1, 0.15) is 0 Å². The Kier molecular flexibility index (Phi) is 4.40. The Morgan fingerprint density at radius 1 is 1.29 bits per heavy atom. The lowest BCUT2D eigenvalue weighted by Gasteiger charge is -2.08. The molecule has 0 aliphatic rings. The second kappa shape index (κ2) is 5.24. The van der Waals surface area contributed by atoms with Crippen molar-refractivity contribution in [2.75, 3.05) is 6.61 Å². The maximum atomic E-state index is 11.9. The fourth-order valence-electron chi connectivity index (χ4n) is 1.03. The smallest absolute Gasteiger partial charge is 0.263 e. The van der Waals surface area contributed by atoms with Crippen molar-refractivity contribution in [3.63, 3.8) is 0 Å². The van der Waals surface area contributed by atoms with Crippen LogP contribution in [0.4, 0.5) is 13.2 Å². The molecule has 1 aromatic carbocycles. The fraction of sp³-hybridized carbons (Fsp3) is 0.333. The Hall–Kier alpha value is -0.790. The molecule has 0 atom stereocenters. The van der Waals surface area contributed by atoms with Crippen LogP contribution in [0.2, 0.25) is 5.02 Å². The van der Waals surface area contributed by atoms with Crippen LogP contribution in [0.3, 0.4) is 0 Å². The van der Waals surface area contributed by atoms with Crippen LogP contribution in [0.15, 0.2) is 24.3 Å². The van der Waals surface area contributed by atoms with Crippen LogP contribution in [0.25, 0.3) is 0 Å². The first-order chi connectivity index (χ1) is 7.72. The van der Waals surface area contributed by atoms with Crippen molar-refractivity contribution in [3.05, 3.63) is 34.9 Å². The number of hydrogen-bond donors (Lipinski definition) is 0. The number of halogens is 4. The molecule has 1 rings (SSSR count). The lowest BCUT2D eigenvalue weighted by molar-refractivity contribution is -0.0541. The molecule has 8 heteroatoms. The second-order valence-electron chi connectivity index (χ2n) is 3.10. The molecule has 0 radical (unpaired) electrons. The Balaban J connectivity index is 2.55. The Morgan fingerprint density at radius 2 is 1.94 bits per heavy atom.